The highest BCUT2D eigenvalue weighted by atomic mass is 16.5. The van der Waals surface area contributed by atoms with Crippen molar-refractivity contribution in [2.24, 2.45) is 0 Å². The van der Waals surface area contributed by atoms with Gasteiger partial charge in [-0.3, -0.25) is 9.20 Å². The van der Waals surface area contributed by atoms with Gasteiger partial charge >= 0.3 is 0 Å². The molecule has 1 aromatic carbocycles. The topological polar surface area (TPSA) is 107 Å². The Hall–Kier alpha value is -3.59. The second-order valence-corrected chi connectivity index (χ2v) is 6.80. The van der Waals surface area contributed by atoms with E-state index >= 15 is 0 Å². The zero-order valence-corrected chi connectivity index (χ0v) is 15.7. The third kappa shape index (κ3) is 3.15. The number of aryl methyl sites for hydroxylation is 1. The lowest BCUT2D eigenvalue weighted by molar-refractivity contribution is -0.134. The molecule has 0 radical (unpaired) electrons. The molecule has 4 aromatic rings. The van der Waals surface area contributed by atoms with Crippen LogP contribution < -0.4 is 5.32 Å². The average Bonchev–Trinajstić information content (AvgIpc) is 3.37. The summed E-state index contributed by atoms with van der Waals surface area (Å²) in [7, 11) is 0. The lowest BCUT2D eigenvalue weighted by atomic mass is 9.97. The number of carbonyl (C=O) groups is 1. The van der Waals surface area contributed by atoms with E-state index in [0.29, 0.717) is 35.4 Å². The molecule has 1 N–H and O–H groups in total. The normalized spacial score (nSPS) is 16.0. The molecule has 3 aromatic heterocycles. The molecule has 0 fully saturated rings. The zero-order valence-electron chi connectivity index (χ0n) is 15.7. The molecule has 9 heteroatoms. The van der Waals surface area contributed by atoms with Crippen molar-refractivity contribution < 1.29 is 14.1 Å². The van der Waals surface area contributed by atoms with Gasteiger partial charge in [-0.25, -0.2) is 0 Å². The van der Waals surface area contributed by atoms with Crippen LogP contribution in [0.5, 0.6) is 0 Å². The Kier molecular flexibility index (Phi) is 4.28. The number of hydrogen-bond acceptors (Lipinski definition) is 7. The molecule has 1 aliphatic heterocycles. The van der Waals surface area contributed by atoms with E-state index < -0.39 is 6.10 Å². The summed E-state index contributed by atoms with van der Waals surface area (Å²) in [5.74, 6) is 1.32. The van der Waals surface area contributed by atoms with E-state index in [4.69, 9.17) is 9.26 Å². The van der Waals surface area contributed by atoms with Crippen LogP contribution in [-0.4, -0.2) is 37.3 Å². The van der Waals surface area contributed by atoms with Gasteiger partial charge in [0.1, 0.15) is 0 Å². The van der Waals surface area contributed by atoms with E-state index in [9.17, 15) is 4.79 Å². The van der Waals surface area contributed by atoms with Crippen LogP contribution in [0.2, 0.25) is 0 Å². The third-order valence-corrected chi connectivity index (χ3v) is 4.92. The predicted octanol–water partition coefficient (Wildman–Crippen LogP) is 2.02. The van der Waals surface area contributed by atoms with Crippen LogP contribution in [0.4, 0.5) is 0 Å². The summed E-state index contributed by atoms with van der Waals surface area (Å²) < 4.78 is 12.8. The molecule has 1 amide bonds. The van der Waals surface area contributed by atoms with E-state index in [1.807, 2.05) is 42.6 Å². The van der Waals surface area contributed by atoms with Gasteiger partial charge < -0.3 is 14.6 Å². The molecule has 0 saturated heterocycles. The van der Waals surface area contributed by atoms with E-state index in [-0.39, 0.29) is 12.5 Å². The summed E-state index contributed by atoms with van der Waals surface area (Å²) in [6.07, 6.45) is 2.03. The van der Waals surface area contributed by atoms with Crippen molar-refractivity contribution in [3.63, 3.8) is 0 Å². The van der Waals surface area contributed by atoms with Crippen LogP contribution in [0, 0.1) is 6.92 Å². The quantitative estimate of drug-likeness (QED) is 0.568. The van der Waals surface area contributed by atoms with Gasteiger partial charge in [-0.15, -0.1) is 10.2 Å². The molecule has 0 spiro atoms. The first-order valence-electron chi connectivity index (χ1n) is 9.31. The number of nitrogens with zero attached hydrogens (tertiary/aromatic N) is 5. The molecule has 4 heterocycles. The first kappa shape index (κ1) is 17.5. The summed E-state index contributed by atoms with van der Waals surface area (Å²) >= 11 is 0. The lowest BCUT2D eigenvalue weighted by Crippen LogP contribution is -2.33. The SMILES string of the molecule is Cc1noc(-c2cccn3c(CNC(=O)C4OCCc5ccccc54)nnc23)n1. The van der Waals surface area contributed by atoms with Crippen LogP contribution in [0.3, 0.4) is 0 Å². The number of pyridine rings is 1. The number of carbonyl (C=O) groups excluding carboxylic acids is 1. The fraction of sp³-hybridized carbons (Fsp3) is 0.250. The molecule has 1 aliphatic rings. The summed E-state index contributed by atoms with van der Waals surface area (Å²) in [5, 5.41) is 15.2. The number of aromatic nitrogens is 5. The number of benzene rings is 1. The Labute approximate surface area is 165 Å². The van der Waals surface area contributed by atoms with Gasteiger partial charge in [-0.05, 0) is 36.6 Å². The number of fused-ring (bicyclic) bond motifs is 2. The van der Waals surface area contributed by atoms with Crippen LogP contribution in [0.25, 0.3) is 17.1 Å². The number of nitrogens with one attached hydrogen (secondary N) is 1. The number of ether oxygens (including phenoxy) is 1. The average molecular weight is 390 g/mol. The Balaban J connectivity index is 1.37. The Morgan fingerprint density at radius 3 is 3.00 bits per heavy atom. The van der Waals surface area contributed by atoms with Gasteiger partial charge in [0.25, 0.3) is 11.8 Å². The number of rotatable bonds is 4. The Bertz CT molecular complexity index is 1200. The summed E-state index contributed by atoms with van der Waals surface area (Å²) in [6, 6.07) is 11.5. The fourth-order valence-corrected chi connectivity index (χ4v) is 3.53. The Morgan fingerprint density at radius 1 is 1.24 bits per heavy atom. The van der Waals surface area contributed by atoms with Gasteiger partial charge in [-0.1, -0.05) is 29.4 Å². The highest BCUT2D eigenvalue weighted by Crippen LogP contribution is 2.27. The van der Waals surface area contributed by atoms with Gasteiger partial charge in [-0.2, -0.15) is 4.98 Å². The minimum absolute atomic E-state index is 0.197. The number of hydrogen-bond donors (Lipinski definition) is 1. The van der Waals surface area contributed by atoms with Crippen LogP contribution in [0.1, 0.15) is 28.9 Å². The number of amides is 1. The highest BCUT2D eigenvalue weighted by molar-refractivity contribution is 5.82. The van der Waals surface area contributed by atoms with E-state index in [0.717, 1.165) is 17.5 Å². The third-order valence-electron chi connectivity index (χ3n) is 4.92. The molecule has 0 bridgehead atoms. The summed E-state index contributed by atoms with van der Waals surface area (Å²) in [5.41, 5.74) is 3.32. The first-order chi connectivity index (χ1) is 14.2. The summed E-state index contributed by atoms with van der Waals surface area (Å²) in [4.78, 5) is 17.0. The molecule has 146 valence electrons. The molecular weight excluding hydrogens is 372 g/mol. The molecule has 29 heavy (non-hydrogen) atoms. The maximum absolute atomic E-state index is 12.8. The minimum Gasteiger partial charge on any atom is -0.363 e. The highest BCUT2D eigenvalue weighted by Gasteiger charge is 2.27. The smallest absolute Gasteiger partial charge is 0.261 e. The van der Waals surface area contributed by atoms with Crippen LogP contribution >= 0.6 is 0 Å². The molecular formula is C20H18N6O3. The van der Waals surface area contributed by atoms with Crippen molar-refractivity contribution in [3.8, 4) is 11.5 Å². The molecule has 1 unspecified atom stereocenters. The zero-order chi connectivity index (χ0) is 19.8. The fourth-order valence-electron chi connectivity index (χ4n) is 3.53. The maximum Gasteiger partial charge on any atom is 0.261 e. The molecule has 0 saturated carbocycles. The maximum atomic E-state index is 12.8. The van der Waals surface area contributed by atoms with E-state index in [1.165, 1.54) is 0 Å². The van der Waals surface area contributed by atoms with Crippen molar-refractivity contribution in [1.29, 1.82) is 0 Å². The van der Waals surface area contributed by atoms with Crippen molar-refractivity contribution in [2.75, 3.05) is 6.61 Å². The van der Waals surface area contributed by atoms with E-state index in [1.54, 1.807) is 11.3 Å². The predicted molar refractivity (Wildman–Crippen MR) is 102 cm³/mol. The van der Waals surface area contributed by atoms with Crippen molar-refractivity contribution in [3.05, 3.63) is 65.4 Å². The van der Waals surface area contributed by atoms with Gasteiger partial charge in [0.15, 0.2) is 23.4 Å². The standard InChI is InChI=1S/C20H18N6O3/c1-12-22-20(29-25-12)15-7-4-9-26-16(23-24-18(15)26)11-21-19(27)17-14-6-3-2-5-13(14)8-10-28-17/h2-7,9,17H,8,10-11H2,1H3,(H,21,27). The van der Waals surface area contributed by atoms with Crippen molar-refractivity contribution in [1.82, 2.24) is 30.1 Å². The van der Waals surface area contributed by atoms with Gasteiger partial charge in [0, 0.05) is 6.20 Å². The molecule has 5 rings (SSSR count). The second-order valence-electron chi connectivity index (χ2n) is 6.80. The van der Waals surface area contributed by atoms with E-state index in [2.05, 4.69) is 25.7 Å². The molecule has 0 aliphatic carbocycles. The van der Waals surface area contributed by atoms with Gasteiger partial charge in [0.05, 0.1) is 18.7 Å². The molecule has 1 atom stereocenters. The van der Waals surface area contributed by atoms with Gasteiger partial charge in [0.2, 0.25) is 0 Å². The summed E-state index contributed by atoms with van der Waals surface area (Å²) in [6.45, 7) is 2.49. The molecule has 9 nitrogen and oxygen atoms in total. The van der Waals surface area contributed by atoms with Crippen LogP contribution in [-0.2, 0) is 22.5 Å². The minimum atomic E-state index is -0.615. The Morgan fingerprint density at radius 2 is 2.14 bits per heavy atom. The largest absolute Gasteiger partial charge is 0.363 e. The monoisotopic (exact) mass is 390 g/mol. The first-order valence-corrected chi connectivity index (χ1v) is 9.31. The van der Waals surface area contributed by atoms with Crippen molar-refractivity contribution in [2.45, 2.75) is 26.0 Å². The lowest BCUT2D eigenvalue weighted by Gasteiger charge is -2.25. The second kappa shape index (κ2) is 7.10. The van der Waals surface area contributed by atoms with Crippen LogP contribution in [0.15, 0.2) is 47.1 Å². The van der Waals surface area contributed by atoms with Crippen molar-refractivity contribution >= 4 is 11.6 Å².